The molecule has 2 rings (SSSR count). The average molecular weight is 193 g/mol. The second kappa shape index (κ2) is 3.77. The standard InChI is InChI=1S/C12H19NO/c1-2-12(6-3-4-7-12)11(14)10-5-8-13-9-10/h5,8-9,11,13-14H,2-4,6-7H2,1H3. The van der Waals surface area contributed by atoms with Gasteiger partial charge in [-0.15, -0.1) is 0 Å². The van der Waals surface area contributed by atoms with E-state index in [0.717, 1.165) is 12.0 Å². The van der Waals surface area contributed by atoms with Crippen LogP contribution in [0.5, 0.6) is 0 Å². The first kappa shape index (κ1) is 9.78. The van der Waals surface area contributed by atoms with Crippen LogP contribution in [0.25, 0.3) is 0 Å². The van der Waals surface area contributed by atoms with Gasteiger partial charge in [0.1, 0.15) is 0 Å². The Hall–Kier alpha value is -0.760. The molecule has 2 N–H and O–H groups in total. The second-order valence-electron chi connectivity index (χ2n) is 4.47. The lowest BCUT2D eigenvalue weighted by molar-refractivity contribution is 0.0239. The summed E-state index contributed by atoms with van der Waals surface area (Å²) in [6.07, 6.45) is 9.51. The minimum Gasteiger partial charge on any atom is -0.388 e. The molecule has 1 aromatic heterocycles. The topological polar surface area (TPSA) is 36.0 Å². The van der Waals surface area contributed by atoms with Crippen molar-refractivity contribution in [1.29, 1.82) is 0 Å². The zero-order chi connectivity index (χ0) is 10.0. The van der Waals surface area contributed by atoms with Crippen LogP contribution in [0, 0.1) is 5.41 Å². The van der Waals surface area contributed by atoms with Gasteiger partial charge in [-0.25, -0.2) is 0 Å². The van der Waals surface area contributed by atoms with E-state index < -0.39 is 0 Å². The number of nitrogens with one attached hydrogen (secondary N) is 1. The van der Waals surface area contributed by atoms with Gasteiger partial charge < -0.3 is 10.1 Å². The molecule has 1 aromatic rings. The van der Waals surface area contributed by atoms with Gasteiger partial charge in [0, 0.05) is 17.8 Å². The van der Waals surface area contributed by atoms with E-state index in [-0.39, 0.29) is 11.5 Å². The Morgan fingerprint density at radius 2 is 2.21 bits per heavy atom. The van der Waals surface area contributed by atoms with Crippen molar-refractivity contribution in [1.82, 2.24) is 4.98 Å². The van der Waals surface area contributed by atoms with Crippen LogP contribution in [0.2, 0.25) is 0 Å². The SMILES string of the molecule is CCC1(C(O)c2cc[nH]c2)CCCC1. The lowest BCUT2D eigenvalue weighted by Gasteiger charge is -2.32. The van der Waals surface area contributed by atoms with Crippen LogP contribution in [0.15, 0.2) is 18.5 Å². The molecule has 2 nitrogen and oxygen atoms in total. The fourth-order valence-corrected chi connectivity index (χ4v) is 2.76. The van der Waals surface area contributed by atoms with Gasteiger partial charge >= 0.3 is 0 Å². The molecule has 1 saturated carbocycles. The van der Waals surface area contributed by atoms with Crippen LogP contribution >= 0.6 is 0 Å². The van der Waals surface area contributed by atoms with Crippen molar-refractivity contribution in [3.8, 4) is 0 Å². The molecule has 0 radical (unpaired) electrons. The van der Waals surface area contributed by atoms with Crippen LogP contribution < -0.4 is 0 Å². The number of hydrogen-bond acceptors (Lipinski definition) is 1. The van der Waals surface area contributed by atoms with Gasteiger partial charge in [-0.2, -0.15) is 0 Å². The summed E-state index contributed by atoms with van der Waals surface area (Å²) in [4.78, 5) is 3.02. The Balaban J connectivity index is 2.19. The highest BCUT2D eigenvalue weighted by Gasteiger charge is 2.39. The summed E-state index contributed by atoms with van der Waals surface area (Å²) in [6, 6.07) is 1.99. The van der Waals surface area contributed by atoms with Crippen molar-refractivity contribution in [3.05, 3.63) is 24.0 Å². The average Bonchev–Trinajstić information content (AvgIpc) is 2.89. The molecule has 0 bridgehead atoms. The molecule has 1 unspecified atom stereocenters. The molecule has 0 spiro atoms. The van der Waals surface area contributed by atoms with Gasteiger partial charge in [0.05, 0.1) is 6.10 Å². The molecule has 0 aromatic carbocycles. The van der Waals surface area contributed by atoms with E-state index in [1.54, 1.807) is 0 Å². The van der Waals surface area contributed by atoms with Crippen LogP contribution in [0.1, 0.15) is 50.7 Å². The first-order valence-electron chi connectivity index (χ1n) is 5.59. The summed E-state index contributed by atoms with van der Waals surface area (Å²) < 4.78 is 0. The molecule has 0 aliphatic heterocycles. The van der Waals surface area contributed by atoms with Gasteiger partial charge in [-0.3, -0.25) is 0 Å². The van der Waals surface area contributed by atoms with E-state index in [0.29, 0.717) is 0 Å². The number of hydrogen-bond donors (Lipinski definition) is 2. The van der Waals surface area contributed by atoms with Crippen LogP contribution in [0.4, 0.5) is 0 Å². The molecule has 0 saturated heterocycles. The zero-order valence-corrected chi connectivity index (χ0v) is 8.79. The maximum Gasteiger partial charge on any atom is 0.0860 e. The van der Waals surface area contributed by atoms with Crippen molar-refractivity contribution in [2.75, 3.05) is 0 Å². The maximum atomic E-state index is 10.3. The maximum absolute atomic E-state index is 10.3. The lowest BCUT2D eigenvalue weighted by Crippen LogP contribution is -2.24. The highest BCUT2D eigenvalue weighted by Crippen LogP contribution is 2.49. The van der Waals surface area contributed by atoms with Gasteiger partial charge in [-0.1, -0.05) is 19.8 Å². The third kappa shape index (κ3) is 1.48. The molecular weight excluding hydrogens is 174 g/mol. The summed E-state index contributed by atoms with van der Waals surface area (Å²) in [5.41, 5.74) is 1.20. The lowest BCUT2D eigenvalue weighted by atomic mass is 9.76. The third-order valence-electron chi connectivity index (χ3n) is 3.82. The fourth-order valence-electron chi connectivity index (χ4n) is 2.76. The predicted octanol–water partition coefficient (Wildman–Crippen LogP) is 3.02. The minimum atomic E-state index is -0.277. The number of aliphatic hydroxyl groups is 1. The molecule has 2 heteroatoms. The first-order valence-corrected chi connectivity index (χ1v) is 5.59. The number of rotatable bonds is 3. The van der Waals surface area contributed by atoms with Crippen LogP contribution in [0.3, 0.4) is 0 Å². The molecule has 1 atom stereocenters. The van der Waals surface area contributed by atoms with Gasteiger partial charge in [0.25, 0.3) is 0 Å². The second-order valence-corrected chi connectivity index (χ2v) is 4.47. The van der Waals surface area contributed by atoms with E-state index in [4.69, 9.17) is 0 Å². The van der Waals surface area contributed by atoms with E-state index in [1.807, 2.05) is 18.5 Å². The normalized spacial score (nSPS) is 22.4. The molecule has 14 heavy (non-hydrogen) atoms. The number of aliphatic hydroxyl groups excluding tert-OH is 1. The molecule has 1 aliphatic rings. The van der Waals surface area contributed by atoms with Crippen molar-refractivity contribution in [2.24, 2.45) is 5.41 Å². The Labute approximate surface area is 85.3 Å². The van der Waals surface area contributed by atoms with Gasteiger partial charge in [-0.05, 0) is 30.9 Å². The Kier molecular flexibility index (Phi) is 2.64. The predicted molar refractivity (Wildman–Crippen MR) is 56.9 cm³/mol. The Bertz CT molecular complexity index is 273. The molecule has 1 aliphatic carbocycles. The highest BCUT2D eigenvalue weighted by molar-refractivity contribution is 5.15. The van der Waals surface area contributed by atoms with Gasteiger partial charge in [0.2, 0.25) is 0 Å². The van der Waals surface area contributed by atoms with E-state index in [9.17, 15) is 5.11 Å². The zero-order valence-electron chi connectivity index (χ0n) is 8.79. The number of H-pyrrole nitrogens is 1. The Morgan fingerprint density at radius 3 is 2.71 bits per heavy atom. The molecular formula is C12H19NO. The van der Waals surface area contributed by atoms with Crippen LogP contribution in [-0.2, 0) is 0 Å². The highest BCUT2D eigenvalue weighted by atomic mass is 16.3. The van der Waals surface area contributed by atoms with Crippen molar-refractivity contribution in [2.45, 2.75) is 45.1 Å². The molecule has 0 amide bonds. The monoisotopic (exact) mass is 193 g/mol. The fraction of sp³-hybridized carbons (Fsp3) is 0.667. The van der Waals surface area contributed by atoms with Crippen LogP contribution in [-0.4, -0.2) is 10.1 Å². The Morgan fingerprint density at radius 1 is 1.50 bits per heavy atom. The summed E-state index contributed by atoms with van der Waals surface area (Å²) >= 11 is 0. The van der Waals surface area contributed by atoms with Crippen molar-refractivity contribution < 1.29 is 5.11 Å². The molecule has 1 heterocycles. The number of aromatic nitrogens is 1. The van der Waals surface area contributed by atoms with E-state index in [1.165, 1.54) is 25.7 Å². The van der Waals surface area contributed by atoms with Crippen molar-refractivity contribution in [3.63, 3.8) is 0 Å². The summed E-state index contributed by atoms with van der Waals surface area (Å²) in [5, 5.41) is 10.3. The molecule has 78 valence electrons. The largest absolute Gasteiger partial charge is 0.388 e. The van der Waals surface area contributed by atoms with Crippen molar-refractivity contribution >= 4 is 0 Å². The third-order valence-corrected chi connectivity index (χ3v) is 3.82. The van der Waals surface area contributed by atoms with E-state index >= 15 is 0 Å². The minimum absolute atomic E-state index is 0.155. The van der Waals surface area contributed by atoms with Gasteiger partial charge in [0.15, 0.2) is 0 Å². The number of aromatic amines is 1. The first-order chi connectivity index (χ1) is 6.78. The summed E-state index contributed by atoms with van der Waals surface area (Å²) in [6.45, 7) is 2.20. The summed E-state index contributed by atoms with van der Waals surface area (Å²) in [7, 11) is 0. The quantitative estimate of drug-likeness (QED) is 0.760. The van der Waals surface area contributed by atoms with E-state index in [2.05, 4.69) is 11.9 Å². The smallest absolute Gasteiger partial charge is 0.0860 e. The summed E-state index contributed by atoms with van der Waals surface area (Å²) in [5.74, 6) is 0. The molecule has 1 fully saturated rings.